The molecule has 2 nitrogen and oxygen atoms in total. The second-order valence-electron chi connectivity index (χ2n) is 4.34. The molecule has 1 saturated heterocycles. The molecule has 1 atom stereocenters. The van der Waals surface area contributed by atoms with Crippen LogP contribution in [0.15, 0.2) is 0 Å². The molecule has 1 rings (SSSR count). The van der Waals surface area contributed by atoms with E-state index in [2.05, 4.69) is 37.9 Å². The van der Waals surface area contributed by atoms with Gasteiger partial charge in [0.05, 0.1) is 0 Å². The molecular weight excluding hydrogens is 148 g/mol. The van der Waals surface area contributed by atoms with E-state index in [4.69, 9.17) is 0 Å². The minimum absolute atomic E-state index is 0.354. The van der Waals surface area contributed by atoms with Gasteiger partial charge in [-0.2, -0.15) is 0 Å². The average molecular weight is 170 g/mol. The van der Waals surface area contributed by atoms with E-state index in [0.717, 1.165) is 12.6 Å². The van der Waals surface area contributed by atoms with Gasteiger partial charge in [0, 0.05) is 18.1 Å². The van der Waals surface area contributed by atoms with Crippen molar-refractivity contribution in [3.63, 3.8) is 0 Å². The number of likely N-dealkylation sites (N-methyl/N-ethyl adjacent to an activating group) is 1. The second kappa shape index (κ2) is 3.75. The summed E-state index contributed by atoms with van der Waals surface area (Å²) in [5.41, 5.74) is 0.354. The highest BCUT2D eigenvalue weighted by Crippen LogP contribution is 2.21. The summed E-state index contributed by atoms with van der Waals surface area (Å²) in [5, 5.41) is 3.55. The van der Waals surface area contributed by atoms with Crippen LogP contribution >= 0.6 is 0 Å². The van der Waals surface area contributed by atoms with Crippen LogP contribution in [0.3, 0.4) is 0 Å². The predicted octanol–water partition coefficient (Wildman–Crippen LogP) is 1.47. The number of rotatable bonds is 3. The van der Waals surface area contributed by atoms with Gasteiger partial charge >= 0.3 is 0 Å². The number of nitrogens with zero attached hydrogens (tertiary/aromatic N) is 1. The van der Waals surface area contributed by atoms with Crippen LogP contribution < -0.4 is 5.32 Å². The van der Waals surface area contributed by atoms with Crippen LogP contribution in [0.25, 0.3) is 0 Å². The summed E-state index contributed by atoms with van der Waals surface area (Å²) < 4.78 is 0. The van der Waals surface area contributed by atoms with Gasteiger partial charge in [0.25, 0.3) is 0 Å². The smallest absolute Gasteiger partial charge is 0.0237 e. The Labute approximate surface area is 76.3 Å². The summed E-state index contributed by atoms with van der Waals surface area (Å²) in [6.07, 6.45) is 1.29. The number of hydrogen-bond donors (Lipinski definition) is 1. The monoisotopic (exact) mass is 170 g/mol. The molecule has 1 aliphatic rings. The van der Waals surface area contributed by atoms with Crippen LogP contribution in [0.2, 0.25) is 0 Å². The maximum absolute atomic E-state index is 3.55. The van der Waals surface area contributed by atoms with Crippen molar-refractivity contribution < 1.29 is 0 Å². The normalized spacial score (nSPS) is 28.2. The molecule has 2 heteroatoms. The van der Waals surface area contributed by atoms with Gasteiger partial charge in [-0.1, -0.05) is 13.8 Å². The topological polar surface area (TPSA) is 15.3 Å². The Morgan fingerprint density at radius 1 is 1.33 bits per heavy atom. The van der Waals surface area contributed by atoms with E-state index in [1.54, 1.807) is 0 Å². The van der Waals surface area contributed by atoms with Crippen molar-refractivity contribution in [3.05, 3.63) is 0 Å². The summed E-state index contributed by atoms with van der Waals surface area (Å²) in [5.74, 6) is 0. The lowest BCUT2D eigenvalue weighted by Gasteiger charge is -2.26. The second-order valence-corrected chi connectivity index (χ2v) is 4.34. The van der Waals surface area contributed by atoms with Crippen molar-refractivity contribution in [2.24, 2.45) is 0 Å². The summed E-state index contributed by atoms with van der Waals surface area (Å²) in [4.78, 5) is 2.54. The van der Waals surface area contributed by atoms with E-state index in [1.807, 2.05) is 0 Å². The minimum Gasteiger partial charge on any atom is -0.310 e. The summed E-state index contributed by atoms with van der Waals surface area (Å²) in [6.45, 7) is 12.6. The van der Waals surface area contributed by atoms with Crippen LogP contribution in [0.4, 0.5) is 0 Å². The third-order valence-electron chi connectivity index (χ3n) is 2.89. The van der Waals surface area contributed by atoms with Gasteiger partial charge in [-0.3, -0.25) is 4.90 Å². The molecule has 1 N–H and O–H groups in total. The molecule has 0 aliphatic carbocycles. The van der Waals surface area contributed by atoms with Gasteiger partial charge in [0.15, 0.2) is 0 Å². The maximum atomic E-state index is 3.55. The van der Waals surface area contributed by atoms with Gasteiger partial charge in [0.2, 0.25) is 0 Å². The first kappa shape index (κ1) is 10.0. The summed E-state index contributed by atoms with van der Waals surface area (Å²) in [7, 11) is 0. The Morgan fingerprint density at radius 2 is 1.92 bits per heavy atom. The molecule has 1 fully saturated rings. The fourth-order valence-electron chi connectivity index (χ4n) is 2.13. The third kappa shape index (κ3) is 2.20. The Kier molecular flexibility index (Phi) is 3.13. The molecule has 0 radical (unpaired) electrons. The van der Waals surface area contributed by atoms with Gasteiger partial charge in [-0.25, -0.2) is 0 Å². The molecule has 0 amide bonds. The molecule has 72 valence electrons. The van der Waals surface area contributed by atoms with Crippen molar-refractivity contribution in [2.45, 2.75) is 45.7 Å². The van der Waals surface area contributed by atoms with E-state index in [-0.39, 0.29) is 0 Å². The van der Waals surface area contributed by atoms with Crippen molar-refractivity contribution in [1.82, 2.24) is 10.2 Å². The van der Waals surface area contributed by atoms with E-state index in [0.29, 0.717) is 5.54 Å². The van der Waals surface area contributed by atoms with Gasteiger partial charge in [-0.05, 0) is 33.4 Å². The summed E-state index contributed by atoms with van der Waals surface area (Å²) in [6, 6.07) is 0.759. The standard InChI is InChI=1S/C10H22N2/c1-5-12(6-2)9-7-10(3,4)11-8-9/h9,11H,5-8H2,1-4H3. The molecule has 0 bridgehead atoms. The fourth-order valence-corrected chi connectivity index (χ4v) is 2.13. The van der Waals surface area contributed by atoms with Crippen LogP contribution in [0.1, 0.15) is 34.1 Å². The maximum Gasteiger partial charge on any atom is 0.0237 e. The first-order chi connectivity index (χ1) is 5.59. The van der Waals surface area contributed by atoms with Gasteiger partial charge in [0.1, 0.15) is 0 Å². The van der Waals surface area contributed by atoms with E-state index >= 15 is 0 Å². The lowest BCUT2D eigenvalue weighted by atomic mass is 10.0. The first-order valence-corrected chi connectivity index (χ1v) is 5.08. The van der Waals surface area contributed by atoms with Crippen LogP contribution in [0.5, 0.6) is 0 Å². The fraction of sp³-hybridized carbons (Fsp3) is 1.00. The molecule has 0 spiro atoms. The number of nitrogens with one attached hydrogen (secondary N) is 1. The Bertz CT molecular complexity index is 139. The zero-order valence-corrected chi connectivity index (χ0v) is 8.85. The van der Waals surface area contributed by atoms with E-state index in [9.17, 15) is 0 Å². The predicted molar refractivity (Wildman–Crippen MR) is 53.4 cm³/mol. The molecular formula is C10H22N2. The zero-order valence-electron chi connectivity index (χ0n) is 8.85. The van der Waals surface area contributed by atoms with Crippen LogP contribution in [-0.2, 0) is 0 Å². The van der Waals surface area contributed by atoms with Crippen LogP contribution in [-0.4, -0.2) is 36.1 Å². The first-order valence-electron chi connectivity index (χ1n) is 5.08. The highest BCUT2D eigenvalue weighted by molar-refractivity contribution is 4.93. The Morgan fingerprint density at radius 3 is 2.25 bits per heavy atom. The highest BCUT2D eigenvalue weighted by Gasteiger charge is 2.32. The molecule has 1 heterocycles. The van der Waals surface area contributed by atoms with E-state index in [1.165, 1.54) is 19.5 Å². The SMILES string of the molecule is CCN(CC)C1CNC(C)(C)C1. The Hall–Kier alpha value is -0.0800. The summed E-state index contributed by atoms with van der Waals surface area (Å²) >= 11 is 0. The van der Waals surface area contributed by atoms with Crippen molar-refractivity contribution >= 4 is 0 Å². The largest absolute Gasteiger partial charge is 0.310 e. The highest BCUT2D eigenvalue weighted by atomic mass is 15.2. The average Bonchev–Trinajstić information content (AvgIpc) is 2.34. The van der Waals surface area contributed by atoms with Crippen molar-refractivity contribution in [1.29, 1.82) is 0 Å². The van der Waals surface area contributed by atoms with Crippen LogP contribution in [0, 0.1) is 0 Å². The number of hydrogen-bond acceptors (Lipinski definition) is 2. The molecule has 0 aromatic carbocycles. The molecule has 0 saturated carbocycles. The zero-order chi connectivity index (χ0) is 9.19. The minimum atomic E-state index is 0.354. The lowest BCUT2D eigenvalue weighted by molar-refractivity contribution is 0.223. The van der Waals surface area contributed by atoms with Gasteiger partial charge in [-0.15, -0.1) is 0 Å². The van der Waals surface area contributed by atoms with E-state index < -0.39 is 0 Å². The quantitative estimate of drug-likeness (QED) is 0.690. The Balaban J connectivity index is 2.45. The third-order valence-corrected chi connectivity index (χ3v) is 2.89. The van der Waals surface area contributed by atoms with Gasteiger partial charge < -0.3 is 5.32 Å². The van der Waals surface area contributed by atoms with Crippen molar-refractivity contribution in [3.8, 4) is 0 Å². The lowest BCUT2D eigenvalue weighted by Crippen LogP contribution is -2.36. The molecule has 1 unspecified atom stereocenters. The molecule has 0 aromatic rings. The molecule has 0 aromatic heterocycles. The molecule has 12 heavy (non-hydrogen) atoms. The van der Waals surface area contributed by atoms with Crippen molar-refractivity contribution in [2.75, 3.05) is 19.6 Å². The molecule has 1 aliphatic heterocycles.